The van der Waals surface area contributed by atoms with E-state index >= 15 is 0 Å². The third-order valence-electron chi connectivity index (χ3n) is 5.03. The molecule has 3 unspecified atom stereocenters. The molecule has 0 saturated carbocycles. The number of nitrogens with one attached hydrogen (secondary N) is 1. The normalized spacial score (nSPS) is 26.8. The lowest BCUT2D eigenvalue weighted by Gasteiger charge is -2.36. The maximum absolute atomic E-state index is 12.6. The van der Waals surface area contributed by atoms with Crippen LogP contribution in [0.3, 0.4) is 0 Å². The average Bonchev–Trinajstić information content (AvgIpc) is 3.10. The Morgan fingerprint density at radius 3 is 2.55 bits per heavy atom. The van der Waals surface area contributed by atoms with Crippen LogP contribution in [0.2, 0.25) is 0 Å². The maximum Gasteiger partial charge on any atom is 0.227 e. The summed E-state index contributed by atoms with van der Waals surface area (Å²) in [5.74, 6) is 0.0574. The fourth-order valence-corrected chi connectivity index (χ4v) is 3.63. The summed E-state index contributed by atoms with van der Waals surface area (Å²) >= 11 is 0. The number of nitrogens with zero attached hydrogens (tertiary/aromatic N) is 1. The summed E-state index contributed by atoms with van der Waals surface area (Å²) in [5.41, 5.74) is 1.09. The maximum atomic E-state index is 12.6. The van der Waals surface area contributed by atoms with E-state index in [1.807, 2.05) is 37.3 Å². The Kier molecular flexibility index (Phi) is 4.94. The molecule has 1 aromatic carbocycles. The molecule has 1 aliphatic carbocycles. The van der Waals surface area contributed by atoms with E-state index in [2.05, 4.69) is 22.4 Å². The molecule has 0 spiro atoms. The van der Waals surface area contributed by atoms with Gasteiger partial charge in [0.05, 0.1) is 5.92 Å². The van der Waals surface area contributed by atoms with Crippen LogP contribution in [0, 0.1) is 0 Å². The van der Waals surface area contributed by atoms with Crippen molar-refractivity contribution in [1.82, 2.24) is 10.2 Å². The second kappa shape index (κ2) is 7.10. The van der Waals surface area contributed by atoms with Gasteiger partial charge in [-0.15, -0.1) is 0 Å². The molecule has 118 valence electrons. The van der Waals surface area contributed by atoms with Crippen molar-refractivity contribution in [2.75, 3.05) is 13.1 Å². The van der Waals surface area contributed by atoms with Crippen LogP contribution in [-0.2, 0) is 4.79 Å². The van der Waals surface area contributed by atoms with Crippen LogP contribution in [0.4, 0.5) is 0 Å². The molecule has 2 aliphatic rings. The van der Waals surface area contributed by atoms with Gasteiger partial charge in [0.15, 0.2) is 0 Å². The van der Waals surface area contributed by atoms with Crippen LogP contribution in [0.15, 0.2) is 42.5 Å². The van der Waals surface area contributed by atoms with Crippen molar-refractivity contribution in [2.45, 2.75) is 50.6 Å². The van der Waals surface area contributed by atoms with Gasteiger partial charge >= 0.3 is 0 Å². The first kappa shape index (κ1) is 15.3. The van der Waals surface area contributed by atoms with Crippen molar-refractivity contribution < 1.29 is 4.79 Å². The number of benzene rings is 1. The number of hydrogen-bond acceptors (Lipinski definition) is 2. The van der Waals surface area contributed by atoms with Crippen LogP contribution >= 0.6 is 0 Å². The predicted molar refractivity (Wildman–Crippen MR) is 89.8 cm³/mol. The number of carbonyl (C=O) groups is 1. The van der Waals surface area contributed by atoms with Gasteiger partial charge in [-0.25, -0.2) is 0 Å². The Morgan fingerprint density at radius 1 is 1.14 bits per heavy atom. The standard InChI is InChI=1S/C19H26N2O/c1-15(16-9-3-2-4-10-16)19(22)20-17-11-5-6-12-18(17)21-13-7-8-14-21/h2-6,9-10,15,17-18H,7-8,11-14H2,1H3,(H,20,22). The Hall–Kier alpha value is -1.61. The molecule has 22 heavy (non-hydrogen) atoms. The Bertz CT molecular complexity index is 519. The largest absolute Gasteiger partial charge is 0.351 e. The third kappa shape index (κ3) is 3.41. The highest BCUT2D eigenvalue weighted by Crippen LogP contribution is 2.23. The van der Waals surface area contributed by atoms with Gasteiger partial charge in [-0.2, -0.15) is 0 Å². The minimum absolute atomic E-state index is 0.0914. The first-order valence-electron chi connectivity index (χ1n) is 8.50. The van der Waals surface area contributed by atoms with Crippen LogP contribution in [0.5, 0.6) is 0 Å². The Morgan fingerprint density at radius 2 is 1.82 bits per heavy atom. The van der Waals surface area contributed by atoms with Gasteiger partial charge in [0, 0.05) is 12.1 Å². The molecule has 0 radical (unpaired) electrons. The summed E-state index contributed by atoms with van der Waals surface area (Å²) < 4.78 is 0. The molecular formula is C19H26N2O. The quantitative estimate of drug-likeness (QED) is 0.866. The SMILES string of the molecule is CC(C(=O)NC1CC=CCC1N1CCCC1)c1ccccc1. The highest BCUT2D eigenvalue weighted by Gasteiger charge is 2.31. The zero-order valence-corrected chi connectivity index (χ0v) is 13.4. The monoisotopic (exact) mass is 298 g/mol. The smallest absolute Gasteiger partial charge is 0.227 e. The molecule has 0 bridgehead atoms. The van der Waals surface area contributed by atoms with E-state index in [4.69, 9.17) is 0 Å². The van der Waals surface area contributed by atoms with Crippen molar-refractivity contribution in [3.8, 4) is 0 Å². The van der Waals surface area contributed by atoms with Crippen LogP contribution in [0.25, 0.3) is 0 Å². The van der Waals surface area contributed by atoms with Crippen molar-refractivity contribution in [3.05, 3.63) is 48.0 Å². The Labute approximate surface area is 133 Å². The first-order valence-corrected chi connectivity index (χ1v) is 8.50. The lowest BCUT2D eigenvalue weighted by Crippen LogP contribution is -2.52. The second-order valence-electron chi connectivity index (χ2n) is 6.50. The van der Waals surface area contributed by atoms with Crippen molar-refractivity contribution >= 4 is 5.91 Å². The number of amides is 1. The minimum Gasteiger partial charge on any atom is -0.351 e. The molecular weight excluding hydrogens is 272 g/mol. The molecule has 3 rings (SSSR count). The first-order chi connectivity index (χ1) is 10.8. The summed E-state index contributed by atoms with van der Waals surface area (Å²) in [6.45, 7) is 4.35. The second-order valence-corrected chi connectivity index (χ2v) is 6.50. The highest BCUT2D eigenvalue weighted by atomic mass is 16.1. The third-order valence-corrected chi connectivity index (χ3v) is 5.03. The molecule has 1 aliphatic heterocycles. The van der Waals surface area contributed by atoms with E-state index in [1.165, 1.54) is 25.9 Å². The van der Waals surface area contributed by atoms with Gasteiger partial charge in [0.25, 0.3) is 0 Å². The summed E-state index contributed by atoms with van der Waals surface area (Å²) in [7, 11) is 0. The highest BCUT2D eigenvalue weighted by molar-refractivity contribution is 5.83. The lowest BCUT2D eigenvalue weighted by molar-refractivity contribution is -0.123. The molecule has 1 fully saturated rings. The van der Waals surface area contributed by atoms with Gasteiger partial charge in [-0.05, 0) is 51.3 Å². The van der Waals surface area contributed by atoms with Crippen molar-refractivity contribution in [1.29, 1.82) is 0 Å². The van der Waals surface area contributed by atoms with Crippen LogP contribution < -0.4 is 5.32 Å². The van der Waals surface area contributed by atoms with E-state index in [9.17, 15) is 4.79 Å². The zero-order chi connectivity index (χ0) is 15.4. The summed E-state index contributed by atoms with van der Waals surface area (Å²) in [6.07, 6.45) is 9.08. The Balaban J connectivity index is 1.65. The van der Waals surface area contributed by atoms with E-state index < -0.39 is 0 Å². The average molecular weight is 298 g/mol. The molecule has 1 N–H and O–H groups in total. The van der Waals surface area contributed by atoms with Crippen LogP contribution in [0.1, 0.15) is 44.1 Å². The molecule has 3 nitrogen and oxygen atoms in total. The molecule has 0 aromatic heterocycles. The molecule has 1 amide bonds. The zero-order valence-electron chi connectivity index (χ0n) is 13.4. The fourth-order valence-electron chi connectivity index (χ4n) is 3.63. The summed E-state index contributed by atoms with van der Waals surface area (Å²) in [5, 5.41) is 3.31. The number of rotatable bonds is 4. The molecule has 3 heteroatoms. The summed E-state index contributed by atoms with van der Waals surface area (Å²) in [4.78, 5) is 15.2. The molecule has 3 atom stereocenters. The number of carbonyl (C=O) groups excluding carboxylic acids is 1. The minimum atomic E-state index is -0.0914. The van der Waals surface area contributed by atoms with Crippen molar-refractivity contribution in [3.63, 3.8) is 0 Å². The van der Waals surface area contributed by atoms with Gasteiger partial charge in [0.1, 0.15) is 0 Å². The van der Waals surface area contributed by atoms with Gasteiger partial charge in [-0.3, -0.25) is 9.69 Å². The summed E-state index contributed by atoms with van der Waals surface area (Å²) in [6, 6.07) is 10.8. The topological polar surface area (TPSA) is 32.3 Å². The predicted octanol–water partition coefficient (Wildman–Crippen LogP) is 3.09. The molecule has 1 aromatic rings. The van der Waals surface area contributed by atoms with Crippen LogP contribution in [-0.4, -0.2) is 36.0 Å². The van der Waals surface area contributed by atoms with E-state index in [0.29, 0.717) is 6.04 Å². The fraction of sp³-hybridized carbons (Fsp3) is 0.526. The number of hydrogen-bond donors (Lipinski definition) is 1. The number of likely N-dealkylation sites (tertiary alicyclic amines) is 1. The lowest BCUT2D eigenvalue weighted by atomic mass is 9.93. The van der Waals surface area contributed by atoms with E-state index in [-0.39, 0.29) is 17.9 Å². The van der Waals surface area contributed by atoms with Gasteiger partial charge < -0.3 is 5.32 Å². The van der Waals surface area contributed by atoms with Crippen molar-refractivity contribution in [2.24, 2.45) is 0 Å². The molecule has 1 heterocycles. The van der Waals surface area contributed by atoms with Gasteiger partial charge in [-0.1, -0.05) is 42.5 Å². The van der Waals surface area contributed by atoms with E-state index in [1.54, 1.807) is 0 Å². The molecule has 1 saturated heterocycles. The van der Waals surface area contributed by atoms with Gasteiger partial charge in [0.2, 0.25) is 5.91 Å². The van der Waals surface area contributed by atoms with E-state index in [0.717, 1.165) is 18.4 Å².